The van der Waals surface area contributed by atoms with Gasteiger partial charge in [-0.1, -0.05) is 51.2 Å². The van der Waals surface area contributed by atoms with Crippen molar-refractivity contribution >= 4 is 20.2 Å². The Balaban J connectivity index is 1.34. The Morgan fingerprint density at radius 2 is 1.66 bits per heavy atom. The highest BCUT2D eigenvalue weighted by atomic mass is 32.2. The third-order valence-electron chi connectivity index (χ3n) is 11.3. The third kappa shape index (κ3) is 10.4. The smallest absolute Gasteiger partial charge is 0.283 e. The molecule has 11 nitrogen and oxygen atoms in total. The molecule has 1 saturated heterocycles. The lowest BCUT2D eigenvalue weighted by atomic mass is 9.71. The first-order valence-corrected chi connectivity index (χ1v) is 21.5. The maximum absolute atomic E-state index is 12.3. The van der Waals surface area contributed by atoms with Crippen molar-refractivity contribution in [1.29, 1.82) is 0 Å². The van der Waals surface area contributed by atoms with Crippen LogP contribution in [0.4, 0.5) is 0 Å². The van der Waals surface area contributed by atoms with Crippen LogP contribution in [0, 0.1) is 17.8 Å². The van der Waals surface area contributed by atoms with E-state index in [-0.39, 0.29) is 35.8 Å². The lowest BCUT2D eigenvalue weighted by Gasteiger charge is -2.46. The van der Waals surface area contributed by atoms with Crippen molar-refractivity contribution in [2.45, 2.75) is 134 Å². The molecule has 7 atom stereocenters. The molecule has 2 N–H and O–H groups in total. The Bertz CT molecular complexity index is 1270. The van der Waals surface area contributed by atoms with Crippen molar-refractivity contribution in [3.8, 4) is 0 Å². The molecule has 2 aliphatic heterocycles. The molecule has 0 radical (unpaired) electrons. The first-order chi connectivity index (χ1) is 22.6. The van der Waals surface area contributed by atoms with E-state index in [4.69, 9.17) is 13.8 Å². The zero-order chi connectivity index (χ0) is 33.4. The molecule has 0 aromatic heterocycles. The minimum absolute atomic E-state index is 0.00164. The lowest BCUT2D eigenvalue weighted by Crippen LogP contribution is -2.51. The molecule has 7 unspecified atom stereocenters. The number of hydroxylamine groups is 1. The second kappa shape index (κ2) is 17.1. The minimum Gasteiger partial charge on any atom is -0.474 e. The number of nitrogens with zero attached hydrogens (tertiary/aromatic N) is 2. The van der Waals surface area contributed by atoms with Crippen LogP contribution < -0.4 is 5.48 Å². The third-order valence-corrected chi connectivity index (χ3v) is 13.3. The molecule has 0 aromatic carbocycles. The molecule has 3 saturated carbocycles. The summed E-state index contributed by atoms with van der Waals surface area (Å²) in [5.74, 6) is 2.53. The van der Waals surface area contributed by atoms with Crippen LogP contribution in [0.2, 0.25) is 0 Å². The first-order valence-electron chi connectivity index (χ1n) is 18.3. The van der Waals surface area contributed by atoms with Gasteiger partial charge in [-0.15, -0.1) is 0 Å². The van der Waals surface area contributed by atoms with Crippen LogP contribution in [0.1, 0.15) is 103 Å². The molecule has 270 valence electrons. The van der Waals surface area contributed by atoms with Crippen molar-refractivity contribution in [2.75, 3.05) is 38.2 Å². The van der Waals surface area contributed by atoms with E-state index in [9.17, 15) is 21.4 Å². The Kier molecular flexibility index (Phi) is 13.5. The minimum atomic E-state index is -3.99. The lowest BCUT2D eigenvalue weighted by molar-refractivity contribution is 0.00881. The van der Waals surface area contributed by atoms with E-state index in [1.807, 2.05) is 0 Å². The summed E-state index contributed by atoms with van der Waals surface area (Å²) in [4.78, 5) is 4.95. The van der Waals surface area contributed by atoms with Gasteiger partial charge in [-0.3, -0.25) is 9.45 Å². The molecule has 0 aromatic rings. The van der Waals surface area contributed by atoms with Gasteiger partial charge in [-0.05, 0) is 94.6 Å². The topological polar surface area (TPSA) is 135 Å². The van der Waals surface area contributed by atoms with Gasteiger partial charge in [0.1, 0.15) is 6.10 Å². The van der Waals surface area contributed by atoms with Gasteiger partial charge in [-0.25, -0.2) is 0 Å². The van der Waals surface area contributed by atoms with Crippen LogP contribution in [-0.4, -0.2) is 99.8 Å². The molecule has 5 rings (SSSR count). The Labute approximate surface area is 283 Å². The predicted octanol–water partition coefficient (Wildman–Crippen LogP) is 5.02. The molecule has 47 heavy (non-hydrogen) atoms. The average Bonchev–Trinajstić information content (AvgIpc) is 3.40. The van der Waals surface area contributed by atoms with Gasteiger partial charge in [0.15, 0.2) is 5.88 Å². The van der Waals surface area contributed by atoms with Gasteiger partial charge in [0, 0.05) is 26.2 Å². The summed E-state index contributed by atoms with van der Waals surface area (Å²) in [7, 11) is -5.82. The van der Waals surface area contributed by atoms with Crippen molar-refractivity contribution in [3.63, 3.8) is 0 Å². The number of fused-ring (bicyclic) bond motifs is 2. The SMILES string of the molecule is CCNOS(=O)(=O)CCCCN1/C(=C/C2C=CC3CC(OC)CCC3N2CCCCS(=O)(=O)O)OC2CCC(C3CCCCC3)CC21. The first kappa shape index (κ1) is 37.0. The number of ether oxygens (including phenoxy) is 2. The summed E-state index contributed by atoms with van der Waals surface area (Å²) < 4.78 is 74.1. The fourth-order valence-corrected chi connectivity index (χ4v) is 10.5. The molecule has 0 spiro atoms. The van der Waals surface area contributed by atoms with Gasteiger partial charge >= 0.3 is 0 Å². The fourth-order valence-electron chi connectivity index (χ4n) is 8.96. The molecular weight excluding hydrogens is 643 g/mol. The second-order valence-electron chi connectivity index (χ2n) is 14.5. The van der Waals surface area contributed by atoms with Gasteiger partial charge in [0.05, 0.1) is 29.7 Å². The van der Waals surface area contributed by atoms with Crippen molar-refractivity contribution < 1.29 is 35.1 Å². The molecule has 0 amide bonds. The highest BCUT2D eigenvalue weighted by molar-refractivity contribution is 7.86. The van der Waals surface area contributed by atoms with E-state index in [2.05, 4.69) is 33.5 Å². The number of rotatable bonds is 16. The van der Waals surface area contributed by atoms with E-state index in [0.29, 0.717) is 43.7 Å². The average molecular weight is 702 g/mol. The Morgan fingerprint density at radius 3 is 2.40 bits per heavy atom. The number of hydrogen-bond donors (Lipinski definition) is 2. The zero-order valence-corrected chi connectivity index (χ0v) is 30.1. The van der Waals surface area contributed by atoms with Gasteiger partial charge < -0.3 is 14.4 Å². The number of hydrogen-bond acceptors (Lipinski definition) is 10. The summed E-state index contributed by atoms with van der Waals surface area (Å²) in [6.45, 7) is 3.68. The maximum atomic E-state index is 12.3. The molecule has 4 fully saturated rings. The van der Waals surface area contributed by atoms with E-state index >= 15 is 0 Å². The monoisotopic (exact) mass is 701 g/mol. The predicted molar refractivity (Wildman–Crippen MR) is 182 cm³/mol. The second-order valence-corrected chi connectivity index (χ2v) is 17.7. The number of methoxy groups -OCH3 is 1. The van der Waals surface area contributed by atoms with Crippen LogP contribution >= 0.6 is 0 Å². The van der Waals surface area contributed by atoms with Crippen LogP contribution in [-0.2, 0) is 34.0 Å². The van der Waals surface area contributed by atoms with Crippen LogP contribution in [0.15, 0.2) is 24.1 Å². The quantitative estimate of drug-likeness (QED) is 0.0973. The van der Waals surface area contributed by atoms with Crippen LogP contribution in [0.5, 0.6) is 0 Å². The standard InChI is InChI=1S/C34H59N3O8S2/c1-3-35-45-47(41,42)22-10-8-20-37-32-24-27(26-11-5-4-6-12-26)14-18-33(32)44-34(37)25-29-15-13-28-23-30(43-2)16-17-31(28)36(29)19-7-9-21-46(38,39)40/h13,15,25-33,35H,3-12,14,16-24H2,1-2H3,(H,38,39,40)/b34-25-. The highest BCUT2D eigenvalue weighted by Crippen LogP contribution is 2.45. The molecule has 2 heterocycles. The summed E-state index contributed by atoms with van der Waals surface area (Å²) in [6.07, 6.45) is 22.6. The van der Waals surface area contributed by atoms with E-state index in [1.165, 1.54) is 38.5 Å². The van der Waals surface area contributed by atoms with Crippen LogP contribution in [0.3, 0.4) is 0 Å². The number of unbranched alkanes of at least 4 members (excludes halogenated alkanes) is 2. The largest absolute Gasteiger partial charge is 0.474 e. The van der Waals surface area contributed by atoms with Crippen LogP contribution in [0.25, 0.3) is 0 Å². The fraction of sp³-hybridized carbons (Fsp3) is 0.882. The molecule has 3 aliphatic carbocycles. The summed E-state index contributed by atoms with van der Waals surface area (Å²) in [6, 6.07) is 0.618. The van der Waals surface area contributed by atoms with E-state index in [0.717, 1.165) is 63.4 Å². The molecule has 5 aliphatic rings. The normalized spacial score (nSPS) is 33.1. The van der Waals surface area contributed by atoms with Gasteiger partial charge in [0.2, 0.25) is 0 Å². The zero-order valence-electron chi connectivity index (χ0n) is 28.5. The van der Waals surface area contributed by atoms with E-state index in [1.54, 1.807) is 14.0 Å². The maximum Gasteiger partial charge on any atom is 0.283 e. The Hall–Kier alpha value is -1.22. The van der Waals surface area contributed by atoms with Crippen molar-refractivity contribution in [2.24, 2.45) is 17.8 Å². The molecule has 0 bridgehead atoms. The number of nitrogens with one attached hydrogen (secondary N) is 1. The van der Waals surface area contributed by atoms with E-state index < -0.39 is 20.2 Å². The highest BCUT2D eigenvalue weighted by Gasteiger charge is 2.45. The van der Waals surface area contributed by atoms with Gasteiger partial charge in [0.25, 0.3) is 20.2 Å². The van der Waals surface area contributed by atoms with Crippen molar-refractivity contribution in [1.82, 2.24) is 15.3 Å². The molecular formula is C34H59N3O8S2. The Morgan fingerprint density at radius 1 is 0.894 bits per heavy atom. The summed E-state index contributed by atoms with van der Waals surface area (Å²) in [5, 5.41) is 0. The summed E-state index contributed by atoms with van der Waals surface area (Å²) in [5.41, 5.74) is 2.46. The van der Waals surface area contributed by atoms with Crippen molar-refractivity contribution in [3.05, 3.63) is 24.1 Å². The summed E-state index contributed by atoms with van der Waals surface area (Å²) >= 11 is 0. The van der Waals surface area contributed by atoms with Gasteiger partial charge in [-0.2, -0.15) is 26.6 Å². The molecule has 13 heteroatoms.